The van der Waals surface area contributed by atoms with Crippen molar-refractivity contribution in [3.63, 3.8) is 0 Å². The summed E-state index contributed by atoms with van der Waals surface area (Å²) in [4.78, 5) is 28.5. The zero-order valence-corrected chi connectivity index (χ0v) is 17.0. The van der Waals surface area contributed by atoms with Crippen LogP contribution in [-0.4, -0.2) is 30.0 Å². The summed E-state index contributed by atoms with van der Waals surface area (Å²) >= 11 is 6.03. The first-order valence-corrected chi connectivity index (χ1v) is 9.75. The highest BCUT2D eigenvalue weighted by Crippen LogP contribution is 2.33. The Morgan fingerprint density at radius 2 is 2.07 bits per heavy atom. The van der Waals surface area contributed by atoms with Gasteiger partial charge in [0.2, 0.25) is 11.9 Å². The highest BCUT2D eigenvalue weighted by molar-refractivity contribution is 6.33. The molecule has 1 aromatic heterocycles. The molecule has 1 aliphatic carbocycles. The number of carbonyl (C=O) groups excluding carboxylic acids is 2. The maximum Gasteiger partial charge on any atom is 0.339 e. The first-order valence-electron chi connectivity index (χ1n) is 9.37. The van der Waals surface area contributed by atoms with Crippen LogP contribution in [0.2, 0.25) is 5.02 Å². The number of nitrogens with two attached hydrogens (primary N) is 1. The molecule has 3 rings (SSSR count). The summed E-state index contributed by atoms with van der Waals surface area (Å²) in [6, 6.07) is 6.05. The average molecular weight is 420 g/mol. The van der Waals surface area contributed by atoms with Gasteiger partial charge in [-0.25, -0.2) is 9.78 Å². The second-order valence-corrected chi connectivity index (χ2v) is 7.79. The van der Waals surface area contributed by atoms with Gasteiger partial charge in [0.25, 0.3) is 0 Å². The molecular weight excluding hydrogens is 397 g/mol. The lowest BCUT2D eigenvalue weighted by Crippen LogP contribution is -2.35. The Balaban J connectivity index is 1.80. The summed E-state index contributed by atoms with van der Waals surface area (Å²) in [5, 5.41) is 3.08. The zero-order valence-electron chi connectivity index (χ0n) is 16.2. The normalized spacial score (nSPS) is 21.5. The number of anilines is 1. The van der Waals surface area contributed by atoms with E-state index in [1.807, 2.05) is 6.92 Å². The highest BCUT2D eigenvalue weighted by atomic mass is 35.5. The van der Waals surface area contributed by atoms with Gasteiger partial charge in [0, 0.05) is 29.4 Å². The van der Waals surface area contributed by atoms with Crippen molar-refractivity contribution >= 4 is 29.2 Å². The van der Waals surface area contributed by atoms with E-state index in [1.165, 1.54) is 25.4 Å². The van der Waals surface area contributed by atoms with E-state index in [0.717, 1.165) is 5.56 Å². The molecule has 0 bridgehead atoms. The van der Waals surface area contributed by atoms with Gasteiger partial charge in [-0.15, -0.1) is 0 Å². The van der Waals surface area contributed by atoms with Gasteiger partial charge in [-0.2, -0.15) is 4.39 Å². The SMILES string of the molecule is COC(=O)c1cc(NC(=O)C2C[C@H](N)Cc3c(ccnc3F)[C@H](C)C2)ccc1Cl. The van der Waals surface area contributed by atoms with E-state index in [-0.39, 0.29) is 34.4 Å². The number of nitrogens with one attached hydrogen (secondary N) is 1. The van der Waals surface area contributed by atoms with Crippen molar-refractivity contribution in [2.24, 2.45) is 11.7 Å². The topological polar surface area (TPSA) is 94.3 Å². The summed E-state index contributed by atoms with van der Waals surface area (Å²) < 4.78 is 18.9. The molecule has 1 heterocycles. The molecule has 1 unspecified atom stereocenters. The van der Waals surface area contributed by atoms with Crippen molar-refractivity contribution in [3.8, 4) is 0 Å². The molecule has 1 aromatic carbocycles. The molecule has 0 spiro atoms. The maximum atomic E-state index is 14.1. The number of rotatable bonds is 3. The number of ether oxygens (including phenoxy) is 1. The quantitative estimate of drug-likeness (QED) is 0.584. The Morgan fingerprint density at radius 3 is 2.79 bits per heavy atom. The second-order valence-electron chi connectivity index (χ2n) is 7.38. The van der Waals surface area contributed by atoms with Crippen molar-refractivity contribution in [1.29, 1.82) is 0 Å². The molecular formula is C21H23ClFN3O3. The van der Waals surface area contributed by atoms with Crippen LogP contribution in [0.15, 0.2) is 30.5 Å². The Labute approximate surface area is 173 Å². The fraction of sp³-hybridized carbons (Fsp3) is 0.381. The third kappa shape index (κ3) is 4.74. The lowest BCUT2D eigenvalue weighted by Gasteiger charge is -2.28. The molecule has 1 amide bonds. The number of amides is 1. The molecule has 0 aliphatic heterocycles. The van der Waals surface area contributed by atoms with Crippen LogP contribution in [0.5, 0.6) is 0 Å². The molecule has 8 heteroatoms. The molecule has 0 fully saturated rings. The smallest absolute Gasteiger partial charge is 0.339 e. The second kappa shape index (κ2) is 8.88. The third-order valence-electron chi connectivity index (χ3n) is 5.27. The Hall–Kier alpha value is -2.51. The van der Waals surface area contributed by atoms with Crippen LogP contribution in [0.4, 0.5) is 10.1 Å². The minimum atomic E-state index is -0.583. The van der Waals surface area contributed by atoms with Crippen molar-refractivity contribution in [2.75, 3.05) is 12.4 Å². The molecule has 6 nitrogen and oxygen atoms in total. The van der Waals surface area contributed by atoms with Crippen molar-refractivity contribution in [1.82, 2.24) is 4.98 Å². The van der Waals surface area contributed by atoms with Crippen molar-refractivity contribution in [2.45, 2.75) is 38.1 Å². The summed E-state index contributed by atoms with van der Waals surface area (Å²) in [7, 11) is 1.26. The largest absolute Gasteiger partial charge is 0.465 e. The van der Waals surface area contributed by atoms with E-state index in [0.29, 0.717) is 30.5 Å². The molecule has 0 saturated heterocycles. The zero-order chi connectivity index (χ0) is 21.1. The summed E-state index contributed by atoms with van der Waals surface area (Å²) in [6.45, 7) is 1.97. The van der Waals surface area contributed by atoms with Crippen LogP contribution >= 0.6 is 11.6 Å². The van der Waals surface area contributed by atoms with Gasteiger partial charge < -0.3 is 15.8 Å². The summed E-state index contributed by atoms with van der Waals surface area (Å²) in [6.07, 6.45) is 2.71. The lowest BCUT2D eigenvalue weighted by atomic mass is 9.80. The van der Waals surface area contributed by atoms with Gasteiger partial charge in [0.15, 0.2) is 0 Å². The molecule has 3 atom stereocenters. The number of fused-ring (bicyclic) bond motifs is 1. The highest BCUT2D eigenvalue weighted by Gasteiger charge is 2.30. The minimum absolute atomic E-state index is 0.0263. The minimum Gasteiger partial charge on any atom is -0.465 e. The number of carbonyl (C=O) groups is 2. The number of methoxy groups -OCH3 is 1. The van der Waals surface area contributed by atoms with Gasteiger partial charge in [0.1, 0.15) is 0 Å². The lowest BCUT2D eigenvalue weighted by molar-refractivity contribution is -0.120. The van der Waals surface area contributed by atoms with Gasteiger partial charge >= 0.3 is 5.97 Å². The maximum absolute atomic E-state index is 14.1. The van der Waals surface area contributed by atoms with E-state index in [1.54, 1.807) is 12.1 Å². The Morgan fingerprint density at radius 1 is 1.31 bits per heavy atom. The van der Waals surface area contributed by atoms with E-state index in [2.05, 4.69) is 10.3 Å². The standard InChI is InChI=1S/C21H23ClFN3O3/c1-11-7-12(8-13(24)9-16-15(11)5-6-25-19(16)23)20(27)26-14-3-4-18(22)17(10-14)21(28)29-2/h3-6,10-13H,7-9,24H2,1-2H3,(H,26,27)/t11-,12?,13+/m1/s1. The number of pyridine rings is 1. The number of aromatic nitrogens is 1. The molecule has 2 aromatic rings. The predicted molar refractivity (Wildman–Crippen MR) is 108 cm³/mol. The van der Waals surface area contributed by atoms with E-state index >= 15 is 0 Å². The first kappa shape index (κ1) is 21.2. The predicted octanol–water partition coefficient (Wildman–Crippen LogP) is 3.68. The van der Waals surface area contributed by atoms with Crippen LogP contribution in [0.1, 0.15) is 47.2 Å². The number of benzene rings is 1. The molecule has 154 valence electrons. The van der Waals surface area contributed by atoms with E-state index in [4.69, 9.17) is 22.1 Å². The molecule has 3 N–H and O–H groups in total. The number of esters is 1. The molecule has 0 radical (unpaired) electrons. The molecule has 1 aliphatic rings. The van der Waals surface area contributed by atoms with Crippen molar-refractivity contribution in [3.05, 3.63) is 58.1 Å². The van der Waals surface area contributed by atoms with Crippen LogP contribution in [0.25, 0.3) is 0 Å². The van der Waals surface area contributed by atoms with E-state index in [9.17, 15) is 14.0 Å². The number of hydrogen-bond donors (Lipinski definition) is 2. The Kier molecular flexibility index (Phi) is 6.49. The fourth-order valence-electron chi connectivity index (χ4n) is 3.83. The van der Waals surface area contributed by atoms with Crippen LogP contribution < -0.4 is 11.1 Å². The van der Waals surface area contributed by atoms with E-state index < -0.39 is 11.9 Å². The van der Waals surface area contributed by atoms with Gasteiger partial charge in [0.05, 0.1) is 17.7 Å². The number of halogens is 2. The molecule has 0 saturated carbocycles. The first-order chi connectivity index (χ1) is 13.8. The fourth-order valence-corrected chi connectivity index (χ4v) is 4.03. The third-order valence-corrected chi connectivity index (χ3v) is 5.60. The Bertz CT molecular complexity index is 937. The average Bonchev–Trinajstić information content (AvgIpc) is 2.68. The van der Waals surface area contributed by atoms with Crippen molar-refractivity contribution < 1.29 is 18.7 Å². The van der Waals surface area contributed by atoms with Crippen LogP contribution in [0, 0.1) is 11.9 Å². The van der Waals surface area contributed by atoms with Crippen LogP contribution in [-0.2, 0) is 16.0 Å². The number of hydrogen-bond acceptors (Lipinski definition) is 5. The molecule has 29 heavy (non-hydrogen) atoms. The monoisotopic (exact) mass is 419 g/mol. The van der Waals surface area contributed by atoms with Crippen LogP contribution in [0.3, 0.4) is 0 Å². The van der Waals surface area contributed by atoms with Gasteiger partial charge in [-0.05, 0) is 55.0 Å². The van der Waals surface area contributed by atoms with Gasteiger partial charge in [-0.1, -0.05) is 18.5 Å². The van der Waals surface area contributed by atoms with Gasteiger partial charge in [-0.3, -0.25) is 4.79 Å². The summed E-state index contributed by atoms with van der Waals surface area (Å²) in [5.41, 5.74) is 8.19. The summed E-state index contributed by atoms with van der Waals surface area (Å²) in [5.74, 6) is -1.67. The number of nitrogens with zero attached hydrogens (tertiary/aromatic N) is 1.